The smallest absolute Gasteiger partial charge is 0.303 e. The average molecular weight is 617 g/mol. The van der Waals surface area contributed by atoms with Crippen molar-refractivity contribution >= 4 is 23.6 Å². The zero-order valence-corrected chi connectivity index (χ0v) is 25.4. The molecule has 2 heterocycles. The van der Waals surface area contributed by atoms with Crippen LogP contribution in [0.15, 0.2) is 84.3 Å². The van der Waals surface area contributed by atoms with Gasteiger partial charge >= 0.3 is 5.97 Å². The number of amides is 1. The van der Waals surface area contributed by atoms with Crippen LogP contribution in [0.3, 0.4) is 0 Å². The molecule has 0 saturated carbocycles. The molecule has 3 N–H and O–H groups in total. The number of aliphatic hydroxyl groups excluding tert-OH is 1. The normalized spacial score (nSPS) is 19.9. The van der Waals surface area contributed by atoms with Crippen molar-refractivity contribution < 1.29 is 29.3 Å². The Hall–Kier alpha value is -4.03. The van der Waals surface area contributed by atoms with Gasteiger partial charge in [0.25, 0.3) is 0 Å². The van der Waals surface area contributed by atoms with Crippen LogP contribution in [0, 0.1) is 5.92 Å². The van der Waals surface area contributed by atoms with Crippen LogP contribution in [-0.4, -0.2) is 48.7 Å². The van der Waals surface area contributed by atoms with Gasteiger partial charge in [0, 0.05) is 37.2 Å². The van der Waals surface area contributed by atoms with Crippen LogP contribution in [0.1, 0.15) is 54.4 Å². The molecule has 1 saturated heterocycles. The molecule has 1 fully saturated rings. The standard InChI is InChI=1S/C33H36N4O6S/c1-21-28(19-44-33-36-35-20-37(33)2)42-32(43-31(21)24-11-9-22(18-38)10-12-24)27-8-4-7-26(16-27)25-6-3-5-23(15-25)17-34-29(39)13-14-30(40)41/h3-12,15-16,20-21,28,31-32,38H,13-14,17-19H2,1-2H3,(H,34,39)(H,40,41). The molecular weight excluding hydrogens is 580 g/mol. The van der Waals surface area contributed by atoms with Gasteiger partial charge in [-0.25, -0.2) is 0 Å². The molecule has 3 aromatic carbocycles. The van der Waals surface area contributed by atoms with E-state index in [1.165, 1.54) is 0 Å². The number of aliphatic carboxylic acids is 1. The monoisotopic (exact) mass is 616 g/mol. The molecular formula is C33H36N4O6S. The number of carbonyl (C=O) groups is 2. The first kappa shape index (κ1) is 31.4. The molecule has 10 nitrogen and oxygen atoms in total. The molecule has 1 aliphatic heterocycles. The minimum absolute atomic E-state index is 0.0187. The number of rotatable bonds is 12. The number of carboxylic acids is 1. The van der Waals surface area contributed by atoms with Gasteiger partial charge in [0.15, 0.2) is 11.4 Å². The Morgan fingerprint density at radius 2 is 1.70 bits per heavy atom. The van der Waals surface area contributed by atoms with Gasteiger partial charge in [-0.2, -0.15) is 0 Å². The van der Waals surface area contributed by atoms with Gasteiger partial charge in [-0.15, -0.1) is 10.2 Å². The number of carbonyl (C=O) groups excluding carboxylic acids is 1. The first-order chi connectivity index (χ1) is 21.3. The number of hydrogen-bond donors (Lipinski definition) is 3. The largest absolute Gasteiger partial charge is 0.481 e. The summed E-state index contributed by atoms with van der Waals surface area (Å²) in [7, 11) is 1.92. The van der Waals surface area contributed by atoms with Crippen molar-refractivity contribution in [1.82, 2.24) is 20.1 Å². The number of carboxylic acid groups (broad SMARTS) is 1. The molecule has 1 amide bonds. The molecule has 5 rings (SSSR count). The molecule has 11 heteroatoms. The van der Waals surface area contributed by atoms with Crippen LogP contribution in [0.4, 0.5) is 0 Å². The third-order valence-corrected chi connectivity index (χ3v) is 8.77. The van der Waals surface area contributed by atoms with E-state index < -0.39 is 12.3 Å². The maximum atomic E-state index is 12.0. The Kier molecular flexibility index (Phi) is 10.4. The molecule has 1 aromatic heterocycles. The average Bonchev–Trinajstić information content (AvgIpc) is 3.46. The molecule has 0 radical (unpaired) electrons. The van der Waals surface area contributed by atoms with E-state index in [9.17, 15) is 14.7 Å². The highest BCUT2D eigenvalue weighted by Gasteiger charge is 2.38. The molecule has 44 heavy (non-hydrogen) atoms. The number of aliphatic hydroxyl groups is 1. The lowest BCUT2D eigenvalue weighted by molar-refractivity contribution is -0.268. The fraction of sp³-hybridized carbons (Fsp3) is 0.333. The highest BCUT2D eigenvalue weighted by molar-refractivity contribution is 7.99. The fourth-order valence-corrected chi connectivity index (χ4v) is 6.16. The summed E-state index contributed by atoms with van der Waals surface area (Å²) >= 11 is 1.59. The number of benzene rings is 3. The number of thioether (sulfide) groups is 1. The minimum atomic E-state index is -0.996. The number of hydrogen-bond acceptors (Lipinski definition) is 8. The summed E-state index contributed by atoms with van der Waals surface area (Å²) < 4.78 is 15.1. The lowest BCUT2D eigenvalue weighted by Crippen LogP contribution is -2.38. The first-order valence-corrected chi connectivity index (χ1v) is 15.4. The summed E-state index contributed by atoms with van der Waals surface area (Å²) in [4.78, 5) is 22.8. The lowest BCUT2D eigenvalue weighted by atomic mass is 9.91. The Labute approximate surface area is 260 Å². The van der Waals surface area contributed by atoms with Crippen LogP contribution >= 0.6 is 11.8 Å². The van der Waals surface area contributed by atoms with Gasteiger partial charge in [0.1, 0.15) is 6.33 Å². The predicted molar refractivity (Wildman–Crippen MR) is 165 cm³/mol. The van der Waals surface area contributed by atoms with Gasteiger partial charge in [-0.3, -0.25) is 9.59 Å². The summed E-state index contributed by atoms with van der Waals surface area (Å²) in [5.74, 6) is -0.590. The van der Waals surface area contributed by atoms with Crippen LogP contribution in [0.2, 0.25) is 0 Å². The Bertz CT molecular complexity index is 1580. The topological polar surface area (TPSA) is 136 Å². The van der Waals surface area contributed by atoms with E-state index in [1.54, 1.807) is 18.1 Å². The minimum Gasteiger partial charge on any atom is -0.481 e. The van der Waals surface area contributed by atoms with Crippen LogP contribution in [0.25, 0.3) is 11.1 Å². The van der Waals surface area contributed by atoms with Gasteiger partial charge in [0.2, 0.25) is 5.91 Å². The molecule has 0 spiro atoms. The lowest BCUT2D eigenvalue weighted by Gasteiger charge is -2.41. The third kappa shape index (κ3) is 7.92. The summed E-state index contributed by atoms with van der Waals surface area (Å²) in [6, 6.07) is 23.8. The van der Waals surface area contributed by atoms with Crippen molar-refractivity contribution in [3.63, 3.8) is 0 Å². The maximum absolute atomic E-state index is 12.0. The summed E-state index contributed by atoms with van der Waals surface area (Å²) in [5.41, 5.74) is 5.59. The fourth-order valence-electron chi connectivity index (χ4n) is 5.11. The number of ether oxygens (including phenoxy) is 2. The molecule has 0 bridgehead atoms. The first-order valence-electron chi connectivity index (χ1n) is 14.5. The molecule has 4 atom stereocenters. The molecule has 4 aromatic rings. The zero-order valence-electron chi connectivity index (χ0n) is 24.6. The molecule has 230 valence electrons. The van der Waals surface area contributed by atoms with E-state index >= 15 is 0 Å². The summed E-state index contributed by atoms with van der Waals surface area (Å²) in [6.07, 6.45) is 0.436. The van der Waals surface area contributed by atoms with Crippen LogP contribution in [-0.2, 0) is 39.3 Å². The van der Waals surface area contributed by atoms with E-state index in [4.69, 9.17) is 14.6 Å². The van der Waals surface area contributed by atoms with Gasteiger partial charge in [-0.1, -0.05) is 79.3 Å². The molecule has 1 aliphatic rings. The Morgan fingerprint density at radius 1 is 0.955 bits per heavy atom. The van der Waals surface area contributed by atoms with E-state index in [2.05, 4.69) is 28.5 Å². The summed E-state index contributed by atoms with van der Waals surface area (Å²) in [5, 5.41) is 30.1. The van der Waals surface area contributed by atoms with Crippen molar-refractivity contribution in [1.29, 1.82) is 0 Å². The number of nitrogens with zero attached hydrogens (tertiary/aromatic N) is 3. The second-order valence-electron chi connectivity index (χ2n) is 10.9. The van der Waals surface area contributed by atoms with Gasteiger partial charge < -0.3 is 29.6 Å². The van der Waals surface area contributed by atoms with E-state index in [0.717, 1.165) is 38.5 Å². The number of aromatic nitrogens is 3. The van der Waals surface area contributed by atoms with Crippen molar-refractivity contribution in [2.75, 3.05) is 5.75 Å². The highest BCUT2D eigenvalue weighted by atomic mass is 32.2. The highest BCUT2D eigenvalue weighted by Crippen LogP contribution is 2.43. The van der Waals surface area contributed by atoms with Crippen molar-refractivity contribution in [2.24, 2.45) is 13.0 Å². The van der Waals surface area contributed by atoms with Gasteiger partial charge in [0.05, 0.1) is 25.2 Å². The number of nitrogens with one attached hydrogen (secondary N) is 1. The third-order valence-electron chi connectivity index (χ3n) is 7.64. The second-order valence-corrected chi connectivity index (χ2v) is 11.8. The quantitative estimate of drug-likeness (QED) is 0.187. The van der Waals surface area contributed by atoms with Crippen molar-refractivity contribution in [3.8, 4) is 11.1 Å². The zero-order chi connectivity index (χ0) is 31.1. The summed E-state index contributed by atoms with van der Waals surface area (Å²) in [6.45, 7) is 2.42. The predicted octanol–water partition coefficient (Wildman–Crippen LogP) is 5.04. The maximum Gasteiger partial charge on any atom is 0.303 e. The van der Waals surface area contributed by atoms with Gasteiger partial charge in [-0.05, 0) is 39.9 Å². The van der Waals surface area contributed by atoms with Crippen LogP contribution < -0.4 is 5.32 Å². The molecule has 0 aliphatic carbocycles. The van der Waals surface area contributed by atoms with Crippen LogP contribution in [0.5, 0.6) is 0 Å². The van der Waals surface area contributed by atoms with E-state index in [0.29, 0.717) is 12.3 Å². The SMILES string of the molecule is CC1C(CSc2nncn2C)OC(c2cccc(-c3cccc(CNC(=O)CCC(=O)O)c3)c2)OC1c1ccc(CO)cc1. The molecule has 4 unspecified atom stereocenters. The number of aryl methyl sites for hydroxylation is 1. The Balaban J connectivity index is 1.36. The van der Waals surface area contributed by atoms with Crippen molar-refractivity contribution in [2.45, 2.75) is 56.6 Å². The second kappa shape index (κ2) is 14.6. The van der Waals surface area contributed by atoms with E-state index in [-0.39, 0.29) is 43.5 Å². The Morgan fingerprint density at radius 3 is 2.41 bits per heavy atom. The van der Waals surface area contributed by atoms with Crippen molar-refractivity contribution in [3.05, 3.63) is 101 Å². The van der Waals surface area contributed by atoms with E-state index in [1.807, 2.05) is 78.3 Å².